The zero-order valence-electron chi connectivity index (χ0n) is 15.3. The van der Waals surface area contributed by atoms with Gasteiger partial charge in [-0.1, -0.05) is 29.3 Å². The van der Waals surface area contributed by atoms with Crippen molar-refractivity contribution < 1.29 is 8.42 Å². The van der Waals surface area contributed by atoms with Crippen LogP contribution in [0.1, 0.15) is 30.0 Å². The second-order valence-electron chi connectivity index (χ2n) is 6.66. The molecule has 0 amide bonds. The van der Waals surface area contributed by atoms with Crippen LogP contribution in [0.3, 0.4) is 0 Å². The lowest BCUT2D eigenvalue weighted by Gasteiger charge is -2.13. The zero-order chi connectivity index (χ0) is 17.6. The van der Waals surface area contributed by atoms with Gasteiger partial charge in [0, 0.05) is 19.6 Å². The van der Waals surface area contributed by atoms with E-state index in [9.17, 15) is 8.42 Å². The summed E-state index contributed by atoms with van der Waals surface area (Å²) in [5.74, 6) is 1.51. The van der Waals surface area contributed by atoms with Crippen LogP contribution < -0.4 is 10.6 Å². The molecule has 0 saturated carbocycles. The predicted molar refractivity (Wildman–Crippen MR) is 116 cm³/mol. The number of rotatable bonds is 6. The predicted octanol–water partition coefficient (Wildman–Crippen LogP) is 2.45. The van der Waals surface area contributed by atoms with E-state index < -0.39 is 9.84 Å². The van der Waals surface area contributed by atoms with Gasteiger partial charge in [-0.3, -0.25) is 4.99 Å². The maximum atomic E-state index is 11.5. The molecule has 2 rings (SSSR count). The van der Waals surface area contributed by atoms with E-state index in [-0.39, 0.29) is 35.6 Å². The van der Waals surface area contributed by atoms with Crippen molar-refractivity contribution in [1.29, 1.82) is 0 Å². The van der Waals surface area contributed by atoms with Crippen molar-refractivity contribution in [3.8, 4) is 0 Å². The summed E-state index contributed by atoms with van der Waals surface area (Å²) in [6.07, 6.45) is 1.67. The average Bonchev–Trinajstić information content (AvgIpc) is 2.83. The minimum absolute atomic E-state index is 0. The van der Waals surface area contributed by atoms with Crippen LogP contribution in [0.25, 0.3) is 0 Å². The molecule has 1 aliphatic rings. The summed E-state index contributed by atoms with van der Waals surface area (Å²) in [5, 5.41) is 6.57. The van der Waals surface area contributed by atoms with Gasteiger partial charge in [-0.15, -0.1) is 24.0 Å². The van der Waals surface area contributed by atoms with Crippen LogP contribution in [-0.4, -0.2) is 45.5 Å². The minimum atomic E-state index is -2.83. The number of halogens is 1. The number of hydrogen-bond donors (Lipinski definition) is 2. The van der Waals surface area contributed by atoms with Crippen LogP contribution in [-0.2, 0) is 16.3 Å². The van der Waals surface area contributed by atoms with Crippen LogP contribution >= 0.6 is 24.0 Å². The van der Waals surface area contributed by atoms with Gasteiger partial charge in [-0.05, 0) is 45.1 Å². The Labute approximate surface area is 169 Å². The molecule has 25 heavy (non-hydrogen) atoms. The van der Waals surface area contributed by atoms with Gasteiger partial charge < -0.3 is 10.6 Å². The molecule has 0 radical (unpaired) electrons. The molecule has 0 aliphatic carbocycles. The third-order valence-corrected chi connectivity index (χ3v) is 6.00. The van der Waals surface area contributed by atoms with E-state index in [4.69, 9.17) is 0 Å². The molecule has 1 fully saturated rings. The van der Waals surface area contributed by atoms with E-state index >= 15 is 0 Å². The molecule has 1 aromatic carbocycles. The fourth-order valence-electron chi connectivity index (χ4n) is 3.12. The first-order valence-corrected chi connectivity index (χ1v) is 10.5. The molecule has 0 spiro atoms. The zero-order valence-corrected chi connectivity index (χ0v) is 18.5. The Kier molecular flexibility index (Phi) is 9.20. The van der Waals surface area contributed by atoms with Crippen molar-refractivity contribution in [1.82, 2.24) is 10.6 Å². The van der Waals surface area contributed by atoms with Gasteiger partial charge >= 0.3 is 0 Å². The first-order valence-electron chi connectivity index (χ1n) is 8.68. The SMILES string of the molecule is CCNC(=NCC1CCS(=O)(=O)C1)NCCc1cc(C)cc(C)c1.I. The highest BCUT2D eigenvalue weighted by molar-refractivity contribution is 14.0. The van der Waals surface area contributed by atoms with Gasteiger partial charge in [0.2, 0.25) is 0 Å². The molecule has 2 N–H and O–H groups in total. The normalized spacial score (nSPS) is 19.3. The van der Waals surface area contributed by atoms with Crippen LogP contribution in [0.4, 0.5) is 0 Å². The molecular formula is C18H30IN3O2S. The Morgan fingerprint density at radius 2 is 1.88 bits per heavy atom. The second-order valence-corrected chi connectivity index (χ2v) is 8.89. The number of nitrogens with one attached hydrogen (secondary N) is 2. The molecule has 5 nitrogen and oxygen atoms in total. The molecule has 1 unspecified atom stereocenters. The molecule has 7 heteroatoms. The molecule has 142 valence electrons. The maximum Gasteiger partial charge on any atom is 0.191 e. The number of guanidine groups is 1. The number of nitrogens with zero attached hydrogens (tertiary/aromatic N) is 1. The fraction of sp³-hybridized carbons (Fsp3) is 0.611. The molecule has 1 saturated heterocycles. The highest BCUT2D eigenvalue weighted by atomic mass is 127. The molecule has 0 aromatic heterocycles. The Hall–Kier alpha value is -0.830. The quantitative estimate of drug-likeness (QED) is 0.374. The summed E-state index contributed by atoms with van der Waals surface area (Å²) < 4.78 is 23.0. The third kappa shape index (κ3) is 7.94. The highest BCUT2D eigenvalue weighted by Gasteiger charge is 2.27. The minimum Gasteiger partial charge on any atom is -0.357 e. The first-order chi connectivity index (χ1) is 11.4. The Morgan fingerprint density at radius 1 is 1.20 bits per heavy atom. The number of hydrogen-bond acceptors (Lipinski definition) is 3. The monoisotopic (exact) mass is 479 g/mol. The Balaban J connectivity index is 0.00000312. The molecule has 1 atom stereocenters. The number of benzene rings is 1. The molecular weight excluding hydrogens is 449 g/mol. The molecule has 0 bridgehead atoms. The lowest BCUT2D eigenvalue weighted by molar-refractivity contribution is 0.589. The van der Waals surface area contributed by atoms with Crippen molar-refractivity contribution in [3.05, 3.63) is 34.9 Å². The van der Waals surface area contributed by atoms with E-state index in [1.54, 1.807) is 0 Å². The summed E-state index contributed by atoms with van der Waals surface area (Å²) in [6, 6.07) is 6.60. The summed E-state index contributed by atoms with van der Waals surface area (Å²) in [4.78, 5) is 4.56. The van der Waals surface area contributed by atoms with Crippen molar-refractivity contribution in [2.24, 2.45) is 10.9 Å². The van der Waals surface area contributed by atoms with E-state index in [1.165, 1.54) is 16.7 Å². The van der Waals surface area contributed by atoms with Crippen molar-refractivity contribution >= 4 is 39.8 Å². The summed E-state index contributed by atoms with van der Waals surface area (Å²) in [7, 11) is -2.83. The first kappa shape index (κ1) is 22.2. The summed E-state index contributed by atoms with van der Waals surface area (Å²) in [5.41, 5.74) is 3.89. The largest absolute Gasteiger partial charge is 0.357 e. The summed E-state index contributed by atoms with van der Waals surface area (Å²) in [6.45, 7) is 8.42. The third-order valence-electron chi connectivity index (χ3n) is 4.17. The number of aryl methyl sites for hydroxylation is 2. The lowest BCUT2D eigenvalue weighted by atomic mass is 10.1. The van der Waals surface area contributed by atoms with Crippen molar-refractivity contribution in [3.63, 3.8) is 0 Å². The van der Waals surface area contributed by atoms with Crippen LogP contribution in [0.5, 0.6) is 0 Å². The highest BCUT2D eigenvalue weighted by Crippen LogP contribution is 2.18. The van der Waals surface area contributed by atoms with Gasteiger partial charge in [0.15, 0.2) is 15.8 Å². The van der Waals surface area contributed by atoms with Crippen LogP contribution in [0.2, 0.25) is 0 Å². The van der Waals surface area contributed by atoms with Crippen LogP contribution in [0.15, 0.2) is 23.2 Å². The molecule has 1 aliphatic heterocycles. The maximum absolute atomic E-state index is 11.5. The topological polar surface area (TPSA) is 70.6 Å². The lowest BCUT2D eigenvalue weighted by Crippen LogP contribution is -2.38. The number of sulfone groups is 1. The van der Waals surface area contributed by atoms with Gasteiger partial charge in [-0.2, -0.15) is 0 Å². The number of aliphatic imine (C=N–C) groups is 1. The Bertz CT molecular complexity index is 669. The van der Waals surface area contributed by atoms with Gasteiger partial charge in [-0.25, -0.2) is 8.42 Å². The summed E-state index contributed by atoms with van der Waals surface area (Å²) >= 11 is 0. The van der Waals surface area contributed by atoms with E-state index in [0.29, 0.717) is 12.3 Å². The van der Waals surface area contributed by atoms with Crippen LogP contribution in [0, 0.1) is 19.8 Å². The standard InChI is InChI=1S/C18H29N3O2S.HI/c1-4-19-18(21-12-17-6-8-24(22,23)13-17)20-7-5-16-10-14(2)9-15(3)11-16;/h9-11,17H,4-8,12-13H2,1-3H3,(H2,19,20,21);1H. The molecule has 1 heterocycles. The van der Waals surface area contributed by atoms with Crippen molar-refractivity contribution in [2.45, 2.75) is 33.6 Å². The Morgan fingerprint density at radius 3 is 2.44 bits per heavy atom. The second kappa shape index (κ2) is 10.4. The fourth-order valence-corrected chi connectivity index (χ4v) is 4.97. The van der Waals surface area contributed by atoms with Crippen molar-refractivity contribution in [2.75, 3.05) is 31.1 Å². The van der Waals surface area contributed by atoms with Gasteiger partial charge in [0.05, 0.1) is 11.5 Å². The smallest absolute Gasteiger partial charge is 0.191 e. The van der Waals surface area contributed by atoms with Gasteiger partial charge in [0.25, 0.3) is 0 Å². The molecule has 1 aromatic rings. The van der Waals surface area contributed by atoms with Gasteiger partial charge in [0.1, 0.15) is 0 Å². The van der Waals surface area contributed by atoms with E-state index in [1.807, 2.05) is 6.92 Å². The van der Waals surface area contributed by atoms with E-state index in [0.717, 1.165) is 31.9 Å². The van der Waals surface area contributed by atoms with E-state index in [2.05, 4.69) is 47.7 Å². The average molecular weight is 479 g/mol.